The average Bonchev–Trinajstić information content (AvgIpc) is 2.54. The summed E-state index contributed by atoms with van der Waals surface area (Å²) in [6.07, 6.45) is -0.322. The van der Waals surface area contributed by atoms with Gasteiger partial charge in [-0.05, 0) is 12.1 Å². The number of anilines is 2. The summed E-state index contributed by atoms with van der Waals surface area (Å²) < 4.78 is 26.5. The van der Waals surface area contributed by atoms with Crippen LogP contribution in [0.1, 0.15) is 6.42 Å². The fourth-order valence-electron chi connectivity index (χ4n) is 2.09. The van der Waals surface area contributed by atoms with Gasteiger partial charge >= 0.3 is 0 Å². The molecule has 88 valence electrons. The third-order valence-corrected chi connectivity index (χ3v) is 2.83. The number of halogens is 2. The molecule has 5 heteroatoms. The maximum Gasteiger partial charge on any atom is 0.267 e. The van der Waals surface area contributed by atoms with Crippen molar-refractivity contribution in [3.63, 3.8) is 0 Å². The summed E-state index contributed by atoms with van der Waals surface area (Å²) in [5, 5.41) is 9.11. The molecule has 0 radical (unpaired) electrons. The molecule has 1 aliphatic heterocycles. The van der Waals surface area contributed by atoms with Gasteiger partial charge in [-0.15, -0.1) is 0 Å². The SMILES string of the molecule is Nc1ccccc1N1CC(F)(F)C[C@H]1CO. The van der Waals surface area contributed by atoms with Gasteiger partial charge in [-0.25, -0.2) is 8.78 Å². The average molecular weight is 228 g/mol. The highest BCUT2D eigenvalue weighted by atomic mass is 19.3. The molecule has 3 nitrogen and oxygen atoms in total. The Hall–Kier alpha value is -1.36. The monoisotopic (exact) mass is 228 g/mol. The lowest BCUT2D eigenvalue weighted by Gasteiger charge is -2.25. The molecule has 0 unspecified atom stereocenters. The minimum absolute atomic E-state index is 0.288. The van der Waals surface area contributed by atoms with E-state index in [1.807, 2.05) is 0 Å². The van der Waals surface area contributed by atoms with Gasteiger partial charge in [-0.3, -0.25) is 0 Å². The van der Waals surface area contributed by atoms with Crippen LogP contribution in [0.25, 0.3) is 0 Å². The van der Waals surface area contributed by atoms with Gasteiger partial charge in [0.25, 0.3) is 5.92 Å². The lowest BCUT2D eigenvalue weighted by Crippen LogP contribution is -2.33. The van der Waals surface area contributed by atoms with Crippen LogP contribution < -0.4 is 10.6 Å². The topological polar surface area (TPSA) is 49.5 Å². The van der Waals surface area contributed by atoms with Crippen molar-refractivity contribution in [2.24, 2.45) is 0 Å². The van der Waals surface area contributed by atoms with Gasteiger partial charge in [0.15, 0.2) is 0 Å². The number of benzene rings is 1. The Morgan fingerprint density at radius 2 is 2.12 bits per heavy atom. The molecule has 1 fully saturated rings. The molecule has 2 rings (SSSR count). The fraction of sp³-hybridized carbons (Fsp3) is 0.455. The van der Waals surface area contributed by atoms with Crippen molar-refractivity contribution in [3.05, 3.63) is 24.3 Å². The number of nitrogens with two attached hydrogens (primary N) is 1. The Balaban J connectivity index is 2.30. The van der Waals surface area contributed by atoms with Crippen LogP contribution in [-0.2, 0) is 0 Å². The minimum Gasteiger partial charge on any atom is -0.397 e. The summed E-state index contributed by atoms with van der Waals surface area (Å²) in [5.41, 5.74) is 6.76. The first-order chi connectivity index (χ1) is 7.53. The van der Waals surface area contributed by atoms with E-state index in [1.54, 1.807) is 24.3 Å². The molecule has 16 heavy (non-hydrogen) atoms. The molecule has 1 aliphatic rings. The van der Waals surface area contributed by atoms with E-state index >= 15 is 0 Å². The number of rotatable bonds is 2. The molecule has 0 aromatic heterocycles. The second-order valence-corrected chi connectivity index (χ2v) is 4.08. The van der Waals surface area contributed by atoms with Crippen molar-refractivity contribution >= 4 is 11.4 Å². The number of nitrogens with zero attached hydrogens (tertiary/aromatic N) is 1. The molecular weight excluding hydrogens is 214 g/mol. The van der Waals surface area contributed by atoms with Crippen molar-refractivity contribution in [2.45, 2.75) is 18.4 Å². The number of alkyl halides is 2. The van der Waals surface area contributed by atoms with Gasteiger partial charge in [0, 0.05) is 6.42 Å². The molecule has 1 saturated heterocycles. The molecule has 0 spiro atoms. The molecule has 3 N–H and O–H groups in total. The normalized spacial score (nSPS) is 23.7. The fourth-order valence-corrected chi connectivity index (χ4v) is 2.09. The standard InChI is InChI=1S/C11H14F2N2O/c12-11(13)5-8(6-16)15(7-11)10-4-2-1-3-9(10)14/h1-4,8,16H,5-7,14H2/t8-/m0/s1. The van der Waals surface area contributed by atoms with Crippen LogP contribution in [0.2, 0.25) is 0 Å². The smallest absolute Gasteiger partial charge is 0.267 e. The summed E-state index contributed by atoms with van der Waals surface area (Å²) in [5.74, 6) is -2.75. The first-order valence-electron chi connectivity index (χ1n) is 5.13. The summed E-state index contributed by atoms with van der Waals surface area (Å²) in [4.78, 5) is 1.48. The van der Waals surface area contributed by atoms with Crippen molar-refractivity contribution in [2.75, 3.05) is 23.8 Å². The van der Waals surface area contributed by atoms with Crippen LogP contribution in [0.3, 0.4) is 0 Å². The van der Waals surface area contributed by atoms with E-state index < -0.39 is 12.0 Å². The molecule has 1 aromatic carbocycles. The third kappa shape index (κ3) is 1.95. The zero-order valence-corrected chi connectivity index (χ0v) is 8.74. The van der Waals surface area contributed by atoms with Crippen molar-refractivity contribution in [1.29, 1.82) is 0 Å². The van der Waals surface area contributed by atoms with Crippen molar-refractivity contribution in [3.8, 4) is 0 Å². The summed E-state index contributed by atoms with van der Waals surface area (Å²) >= 11 is 0. The molecule has 0 aliphatic carbocycles. The largest absolute Gasteiger partial charge is 0.397 e. The molecule has 1 aromatic rings. The van der Waals surface area contributed by atoms with Gasteiger partial charge in [0.1, 0.15) is 0 Å². The predicted molar refractivity (Wildman–Crippen MR) is 58.6 cm³/mol. The highest BCUT2D eigenvalue weighted by Gasteiger charge is 2.45. The number of para-hydroxylation sites is 2. The Bertz CT molecular complexity index is 384. The molecule has 1 atom stereocenters. The van der Waals surface area contributed by atoms with Gasteiger partial charge < -0.3 is 15.7 Å². The summed E-state index contributed by atoms with van der Waals surface area (Å²) in [6, 6.07) is 6.30. The Labute approximate surface area is 92.5 Å². The zero-order valence-electron chi connectivity index (χ0n) is 8.74. The van der Waals surface area contributed by atoms with E-state index in [4.69, 9.17) is 10.8 Å². The second kappa shape index (κ2) is 3.90. The summed E-state index contributed by atoms with van der Waals surface area (Å²) in [6.45, 7) is -0.670. The van der Waals surface area contributed by atoms with E-state index in [2.05, 4.69) is 0 Å². The third-order valence-electron chi connectivity index (χ3n) is 2.83. The quantitative estimate of drug-likeness (QED) is 0.754. The Kier molecular flexibility index (Phi) is 2.71. The molecule has 1 heterocycles. The second-order valence-electron chi connectivity index (χ2n) is 4.08. The Morgan fingerprint density at radius 1 is 1.44 bits per heavy atom. The van der Waals surface area contributed by atoms with Crippen molar-refractivity contribution in [1.82, 2.24) is 0 Å². The van der Waals surface area contributed by atoms with Crippen LogP contribution in [0.5, 0.6) is 0 Å². The molecular formula is C11H14F2N2O. The summed E-state index contributed by atoms with van der Waals surface area (Å²) in [7, 11) is 0. The highest BCUT2D eigenvalue weighted by Crippen LogP contribution is 2.37. The maximum atomic E-state index is 13.3. The molecule has 0 amide bonds. The first-order valence-corrected chi connectivity index (χ1v) is 5.13. The maximum absolute atomic E-state index is 13.3. The van der Waals surface area contributed by atoms with Gasteiger partial charge in [-0.1, -0.05) is 12.1 Å². The van der Waals surface area contributed by atoms with E-state index in [0.717, 1.165) is 0 Å². The Morgan fingerprint density at radius 3 is 2.75 bits per heavy atom. The predicted octanol–water partition coefficient (Wildman–Crippen LogP) is 1.48. The van der Waals surface area contributed by atoms with E-state index in [1.165, 1.54) is 4.90 Å². The van der Waals surface area contributed by atoms with Crippen LogP contribution in [0, 0.1) is 0 Å². The van der Waals surface area contributed by atoms with Crippen LogP contribution in [-0.4, -0.2) is 30.2 Å². The van der Waals surface area contributed by atoms with Gasteiger partial charge in [0.2, 0.25) is 0 Å². The van der Waals surface area contributed by atoms with Crippen LogP contribution >= 0.6 is 0 Å². The van der Waals surface area contributed by atoms with E-state index in [0.29, 0.717) is 11.4 Å². The van der Waals surface area contributed by atoms with Crippen LogP contribution in [0.4, 0.5) is 20.2 Å². The van der Waals surface area contributed by atoms with Gasteiger partial charge in [-0.2, -0.15) is 0 Å². The lowest BCUT2D eigenvalue weighted by atomic mass is 10.2. The lowest BCUT2D eigenvalue weighted by molar-refractivity contribution is 0.0201. The molecule has 0 bridgehead atoms. The number of hydrogen-bond acceptors (Lipinski definition) is 3. The number of aliphatic hydroxyl groups is 1. The van der Waals surface area contributed by atoms with E-state index in [-0.39, 0.29) is 19.6 Å². The van der Waals surface area contributed by atoms with Crippen LogP contribution in [0.15, 0.2) is 24.3 Å². The first kappa shape index (κ1) is 11.1. The highest BCUT2D eigenvalue weighted by molar-refractivity contribution is 5.68. The number of aliphatic hydroxyl groups excluding tert-OH is 1. The van der Waals surface area contributed by atoms with Crippen molar-refractivity contribution < 1.29 is 13.9 Å². The number of nitrogen functional groups attached to an aromatic ring is 1. The number of hydrogen-bond donors (Lipinski definition) is 2. The molecule has 0 saturated carbocycles. The van der Waals surface area contributed by atoms with Gasteiger partial charge in [0.05, 0.1) is 30.6 Å². The zero-order chi connectivity index (χ0) is 11.8. The van der Waals surface area contributed by atoms with E-state index in [9.17, 15) is 8.78 Å². The minimum atomic E-state index is -2.75.